The largest absolute Gasteiger partial charge is 0.448 e. The molecule has 1 saturated carbocycles. The van der Waals surface area contributed by atoms with Gasteiger partial charge in [-0.15, -0.1) is 0 Å². The number of carbonyl (C=O) groups excluding carboxylic acids is 1. The van der Waals surface area contributed by atoms with E-state index < -0.39 is 16.5 Å². The predicted molar refractivity (Wildman–Crippen MR) is 114 cm³/mol. The smallest absolute Gasteiger partial charge is 0.419 e. The Morgan fingerprint density at radius 1 is 1.12 bits per heavy atom. The molecule has 166 valence electrons. The lowest BCUT2D eigenvalue weighted by Gasteiger charge is -2.21. The van der Waals surface area contributed by atoms with Crippen molar-refractivity contribution in [2.75, 3.05) is 5.32 Å². The highest BCUT2D eigenvalue weighted by Gasteiger charge is 2.44. The highest BCUT2D eigenvalue weighted by atomic mass is 16.7. The third-order valence-electron chi connectivity index (χ3n) is 5.83. The number of nitro groups is 1. The van der Waals surface area contributed by atoms with Gasteiger partial charge in [-0.25, -0.2) is 4.79 Å². The number of rotatable bonds is 6. The minimum absolute atomic E-state index is 0.147. The summed E-state index contributed by atoms with van der Waals surface area (Å²) < 4.78 is 18.5. The van der Waals surface area contributed by atoms with Crippen molar-refractivity contribution in [1.29, 1.82) is 0 Å². The number of aromatic nitrogens is 1. The average Bonchev–Trinajstić information content (AvgIpc) is 3.44. The highest BCUT2D eigenvalue weighted by Crippen LogP contribution is 2.47. The summed E-state index contributed by atoms with van der Waals surface area (Å²) in [6.45, 7) is 0.251. The maximum atomic E-state index is 12.4. The van der Waals surface area contributed by atoms with Crippen molar-refractivity contribution in [3.05, 3.63) is 57.1 Å². The topological polar surface area (TPSA) is 126 Å². The van der Waals surface area contributed by atoms with Gasteiger partial charge in [0.15, 0.2) is 17.1 Å². The Morgan fingerprint density at radius 2 is 1.91 bits per heavy atom. The van der Waals surface area contributed by atoms with Crippen molar-refractivity contribution >= 4 is 28.4 Å². The van der Waals surface area contributed by atoms with Crippen molar-refractivity contribution in [3.8, 4) is 11.5 Å². The van der Waals surface area contributed by atoms with Crippen molar-refractivity contribution in [2.24, 2.45) is 0 Å². The number of hydrogen-bond acceptors (Lipinski definition) is 7. The zero-order valence-corrected chi connectivity index (χ0v) is 17.2. The Balaban J connectivity index is 1.19. The molecule has 3 aromatic rings. The van der Waals surface area contributed by atoms with Crippen molar-refractivity contribution in [1.82, 2.24) is 4.57 Å². The lowest BCUT2D eigenvalue weighted by molar-refractivity contribution is -0.384. The van der Waals surface area contributed by atoms with Gasteiger partial charge in [0.25, 0.3) is 11.5 Å². The standard InChI is InChI=1S/C22H21N3O7/c26-20(23-14-5-8-17-19(12-14)32-22(31-17)9-1-2-10-22)4-3-11-24-16-7-6-15(25(28)29)13-18(16)30-21(24)27/h5-8,12-13H,1-4,9-11H2,(H,23,26). The van der Waals surface area contributed by atoms with E-state index >= 15 is 0 Å². The molecule has 10 nitrogen and oxygen atoms in total. The average molecular weight is 439 g/mol. The molecule has 32 heavy (non-hydrogen) atoms. The molecule has 0 unspecified atom stereocenters. The number of nitro benzene ring substituents is 1. The van der Waals surface area contributed by atoms with E-state index in [0.717, 1.165) is 25.7 Å². The SMILES string of the molecule is O=C(CCCn1c(=O)oc2cc([N+](=O)[O-])ccc21)Nc1ccc2c(c1)OC1(CCCC1)O2. The van der Waals surface area contributed by atoms with Crippen molar-refractivity contribution < 1.29 is 23.6 Å². The van der Waals surface area contributed by atoms with Gasteiger partial charge in [-0.05, 0) is 37.5 Å². The van der Waals surface area contributed by atoms with Crippen LogP contribution in [0.1, 0.15) is 38.5 Å². The van der Waals surface area contributed by atoms with Gasteiger partial charge in [-0.3, -0.25) is 19.5 Å². The summed E-state index contributed by atoms with van der Waals surface area (Å²) in [6.07, 6.45) is 4.44. The Labute approximate surface area is 181 Å². The van der Waals surface area contributed by atoms with E-state index in [2.05, 4.69) is 5.32 Å². The molecule has 2 aromatic carbocycles. The number of aryl methyl sites for hydroxylation is 1. The zero-order chi connectivity index (χ0) is 22.3. The van der Waals surface area contributed by atoms with Crippen LogP contribution in [0.3, 0.4) is 0 Å². The van der Waals surface area contributed by atoms with Gasteiger partial charge in [-0.1, -0.05) is 0 Å². The molecule has 1 amide bonds. The molecular weight excluding hydrogens is 418 g/mol. The molecule has 0 saturated heterocycles. The number of non-ortho nitro benzene ring substituents is 1. The van der Waals surface area contributed by atoms with E-state index in [0.29, 0.717) is 29.1 Å². The van der Waals surface area contributed by atoms with E-state index in [1.807, 2.05) is 0 Å². The summed E-state index contributed by atoms with van der Waals surface area (Å²) in [5.74, 6) is -0.0357. The number of oxazole rings is 1. The van der Waals surface area contributed by atoms with Crippen LogP contribution in [0.4, 0.5) is 11.4 Å². The Kier molecular flexibility index (Phi) is 4.84. The van der Waals surface area contributed by atoms with Crippen LogP contribution in [0, 0.1) is 10.1 Å². The molecule has 1 aromatic heterocycles. The van der Waals surface area contributed by atoms with Crippen LogP contribution in [-0.2, 0) is 11.3 Å². The van der Waals surface area contributed by atoms with Gasteiger partial charge < -0.3 is 19.2 Å². The van der Waals surface area contributed by atoms with Crippen LogP contribution < -0.4 is 20.5 Å². The molecule has 2 heterocycles. The third-order valence-corrected chi connectivity index (χ3v) is 5.83. The predicted octanol–water partition coefficient (Wildman–Crippen LogP) is 3.96. The maximum Gasteiger partial charge on any atom is 0.419 e. The quantitative estimate of drug-likeness (QED) is 0.455. The fraction of sp³-hybridized carbons (Fsp3) is 0.364. The number of carbonyl (C=O) groups is 1. The minimum Gasteiger partial charge on any atom is -0.448 e. The molecule has 0 atom stereocenters. The number of amides is 1. The Hall–Kier alpha value is -3.82. The fourth-order valence-corrected chi connectivity index (χ4v) is 4.29. The third kappa shape index (κ3) is 3.68. The number of hydrogen-bond donors (Lipinski definition) is 1. The first-order chi connectivity index (χ1) is 15.4. The van der Waals surface area contributed by atoms with Gasteiger partial charge in [0.2, 0.25) is 5.91 Å². The first kappa shape index (κ1) is 20.1. The normalized spacial score (nSPS) is 16.0. The van der Waals surface area contributed by atoms with E-state index in [1.54, 1.807) is 18.2 Å². The molecular formula is C22H21N3O7. The lowest BCUT2D eigenvalue weighted by atomic mass is 10.2. The van der Waals surface area contributed by atoms with Crippen LogP contribution >= 0.6 is 0 Å². The second-order valence-corrected chi connectivity index (χ2v) is 8.06. The summed E-state index contributed by atoms with van der Waals surface area (Å²) in [6, 6.07) is 9.35. The fourth-order valence-electron chi connectivity index (χ4n) is 4.29. The molecule has 5 rings (SSSR count). The molecule has 10 heteroatoms. The van der Waals surface area contributed by atoms with Crippen molar-refractivity contribution in [2.45, 2.75) is 50.9 Å². The minimum atomic E-state index is -0.613. The molecule has 2 aliphatic rings. The number of fused-ring (bicyclic) bond motifs is 2. The number of nitrogens with one attached hydrogen (secondary N) is 1. The monoisotopic (exact) mass is 439 g/mol. The first-order valence-corrected chi connectivity index (χ1v) is 10.5. The molecule has 1 fully saturated rings. The molecule has 1 N–H and O–H groups in total. The second-order valence-electron chi connectivity index (χ2n) is 8.06. The molecule has 1 spiro atoms. The summed E-state index contributed by atoms with van der Waals surface area (Å²) in [5, 5.41) is 13.7. The van der Waals surface area contributed by atoms with Crippen LogP contribution in [0.15, 0.2) is 45.6 Å². The number of anilines is 1. The zero-order valence-electron chi connectivity index (χ0n) is 17.2. The van der Waals surface area contributed by atoms with Gasteiger partial charge in [-0.2, -0.15) is 0 Å². The van der Waals surface area contributed by atoms with E-state index in [4.69, 9.17) is 13.9 Å². The summed E-state index contributed by atoms with van der Waals surface area (Å²) in [5.41, 5.74) is 1.07. The van der Waals surface area contributed by atoms with Crippen LogP contribution in [0.5, 0.6) is 11.5 Å². The first-order valence-electron chi connectivity index (χ1n) is 10.5. The maximum absolute atomic E-state index is 12.4. The summed E-state index contributed by atoms with van der Waals surface area (Å²) in [4.78, 5) is 34.8. The van der Waals surface area contributed by atoms with Gasteiger partial charge in [0, 0.05) is 43.6 Å². The van der Waals surface area contributed by atoms with Gasteiger partial charge in [0.05, 0.1) is 16.5 Å². The van der Waals surface area contributed by atoms with Crippen LogP contribution in [0.2, 0.25) is 0 Å². The number of nitrogens with zero attached hydrogens (tertiary/aromatic N) is 2. The van der Waals surface area contributed by atoms with Crippen molar-refractivity contribution in [3.63, 3.8) is 0 Å². The lowest BCUT2D eigenvalue weighted by Crippen LogP contribution is -2.34. The second kappa shape index (κ2) is 7.70. The van der Waals surface area contributed by atoms with Crippen LogP contribution in [0.25, 0.3) is 11.1 Å². The van der Waals surface area contributed by atoms with Gasteiger partial charge in [0.1, 0.15) is 0 Å². The summed E-state index contributed by atoms with van der Waals surface area (Å²) in [7, 11) is 0. The highest BCUT2D eigenvalue weighted by molar-refractivity contribution is 5.91. The Morgan fingerprint density at radius 3 is 2.69 bits per heavy atom. The molecule has 0 radical (unpaired) electrons. The van der Waals surface area contributed by atoms with E-state index in [-0.39, 0.29) is 30.1 Å². The van der Waals surface area contributed by atoms with E-state index in [1.165, 1.54) is 22.8 Å². The number of ether oxygens (including phenoxy) is 2. The molecule has 0 bridgehead atoms. The Bertz CT molecular complexity index is 1270. The van der Waals surface area contributed by atoms with Gasteiger partial charge >= 0.3 is 5.76 Å². The molecule has 1 aliphatic carbocycles. The molecule has 1 aliphatic heterocycles. The van der Waals surface area contributed by atoms with Crippen LogP contribution in [-0.4, -0.2) is 21.2 Å². The summed E-state index contributed by atoms with van der Waals surface area (Å²) >= 11 is 0. The number of benzene rings is 2. The van der Waals surface area contributed by atoms with E-state index in [9.17, 15) is 19.7 Å².